The van der Waals surface area contributed by atoms with Crippen LogP contribution in [0.2, 0.25) is 0 Å². The van der Waals surface area contributed by atoms with Crippen LogP contribution in [0.3, 0.4) is 0 Å². The number of rotatable bonds is 3. The molecule has 0 amide bonds. The van der Waals surface area contributed by atoms with Gasteiger partial charge in [0.25, 0.3) is 0 Å². The quantitative estimate of drug-likeness (QED) is 0.864. The van der Waals surface area contributed by atoms with Gasteiger partial charge in [0.1, 0.15) is 5.56 Å². The first-order valence-electron chi connectivity index (χ1n) is 4.92. The lowest BCUT2D eigenvalue weighted by molar-refractivity contribution is 0.0696. The molecule has 0 saturated heterocycles. The lowest BCUT2D eigenvalue weighted by atomic mass is 10.3. The van der Waals surface area contributed by atoms with Gasteiger partial charge in [-0.2, -0.15) is 5.10 Å². The zero-order chi connectivity index (χ0) is 12.4. The molecule has 2 rings (SSSR count). The summed E-state index contributed by atoms with van der Waals surface area (Å²) in [6.07, 6.45) is 3.01. The van der Waals surface area contributed by atoms with Crippen LogP contribution in [0.5, 0.6) is 5.75 Å². The van der Waals surface area contributed by atoms with E-state index in [1.165, 1.54) is 18.0 Å². The standard InChI is InChI=1S/C11H11N3O3/c1-7-8(11(15)16)6-14(13-7)10-9(17-2)4-3-5-12-10/h3-6H,1-2H3,(H,15,16). The summed E-state index contributed by atoms with van der Waals surface area (Å²) in [5.74, 6) is -0.0128. The fourth-order valence-electron chi connectivity index (χ4n) is 1.49. The summed E-state index contributed by atoms with van der Waals surface area (Å²) in [6, 6.07) is 3.47. The van der Waals surface area contributed by atoms with Crippen molar-refractivity contribution in [3.8, 4) is 11.6 Å². The number of hydrogen-bond donors (Lipinski definition) is 1. The van der Waals surface area contributed by atoms with Crippen LogP contribution in [-0.4, -0.2) is 33.0 Å². The van der Waals surface area contributed by atoms with E-state index in [0.717, 1.165) is 0 Å². The number of aromatic nitrogens is 3. The highest BCUT2D eigenvalue weighted by molar-refractivity contribution is 5.88. The predicted octanol–water partition coefficient (Wildman–Crippen LogP) is 1.28. The summed E-state index contributed by atoms with van der Waals surface area (Å²) in [4.78, 5) is 15.0. The number of carbonyl (C=O) groups is 1. The van der Waals surface area contributed by atoms with E-state index in [2.05, 4.69) is 10.1 Å². The van der Waals surface area contributed by atoms with E-state index in [9.17, 15) is 4.79 Å². The molecule has 0 fully saturated rings. The van der Waals surface area contributed by atoms with Crippen molar-refractivity contribution in [2.45, 2.75) is 6.92 Å². The van der Waals surface area contributed by atoms with E-state index < -0.39 is 5.97 Å². The summed E-state index contributed by atoms with van der Waals surface area (Å²) < 4.78 is 6.54. The zero-order valence-electron chi connectivity index (χ0n) is 9.41. The SMILES string of the molecule is COc1cccnc1-n1cc(C(=O)O)c(C)n1. The van der Waals surface area contributed by atoms with Crippen LogP contribution in [-0.2, 0) is 0 Å². The van der Waals surface area contributed by atoms with Crippen LogP contribution in [0.25, 0.3) is 5.82 Å². The van der Waals surface area contributed by atoms with Crippen molar-refractivity contribution < 1.29 is 14.6 Å². The van der Waals surface area contributed by atoms with Gasteiger partial charge in [0.05, 0.1) is 12.8 Å². The van der Waals surface area contributed by atoms with Crippen molar-refractivity contribution in [3.63, 3.8) is 0 Å². The minimum Gasteiger partial charge on any atom is -0.493 e. The maximum atomic E-state index is 10.9. The normalized spacial score (nSPS) is 10.2. The summed E-state index contributed by atoms with van der Waals surface area (Å²) in [6.45, 7) is 1.63. The summed E-state index contributed by atoms with van der Waals surface area (Å²) >= 11 is 0. The maximum absolute atomic E-state index is 10.9. The van der Waals surface area contributed by atoms with Gasteiger partial charge in [0.2, 0.25) is 0 Å². The van der Waals surface area contributed by atoms with Gasteiger partial charge in [-0.25, -0.2) is 14.5 Å². The molecular weight excluding hydrogens is 222 g/mol. The minimum absolute atomic E-state index is 0.151. The van der Waals surface area contributed by atoms with Crippen molar-refractivity contribution in [1.29, 1.82) is 0 Å². The molecule has 2 heterocycles. The summed E-state index contributed by atoms with van der Waals surface area (Å²) in [5.41, 5.74) is 0.586. The van der Waals surface area contributed by atoms with Gasteiger partial charge < -0.3 is 9.84 Å². The van der Waals surface area contributed by atoms with Gasteiger partial charge >= 0.3 is 5.97 Å². The van der Waals surface area contributed by atoms with Crippen molar-refractivity contribution >= 4 is 5.97 Å². The Morgan fingerprint density at radius 1 is 1.53 bits per heavy atom. The maximum Gasteiger partial charge on any atom is 0.339 e. The molecule has 0 unspecified atom stereocenters. The van der Waals surface area contributed by atoms with Gasteiger partial charge in [0.15, 0.2) is 11.6 Å². The number of pyridine rings is 1. The Morgan fingerprint density at radius 2 is 2.29 bits per heavy atom. The Labute approximate surface area is 97.5 Å². The third-order valence-electron chi connectivity index (χ3n) is 2.32. The molecule has 0 spiro atoms. The number of aryl methyl sites for hydroxylation is 1. The highest BCUT2D eigenvalue weighted by atomic mass is 16.5. The van der Waals surface area contributed by atoms with Crippen LogP contribution in [0.1, 0.15) is 16.1 Å². The van der Waals surface area contributed by atoms with Gasteiger partial charge in [-0.05, 0) is 19.1 Å². The molecule has 2 aromatic heterocycles. The smallest absolute Gasteiger partial charge is 0.339 e. The molecule has 0 saturated carbocycles. The number of carboxylic acid groups (broad SMARTS) is 1. The van der Waals surface area contributed by atoms with Gasteiger partial charge in [0, 0.05) is 12.4 Å². The Morgan fingerprint density at radius 3 is 2.88 bits per heavy atom. The summed E-state index contributed by atoms with van der Waals surface area (Å²) in [7, 11) is 1.52. The largest absolute Gasteiger partial charge is 0.493 e. The molecule has 6 heteroatoms. The number of hydrogen-bond acceptors (Lipinski definition) is 4. The van der Waals surface area contributed by atoms with Gasteiger partial charge in [-0.15, -0.1) is 0 Å². The molecule has 0 aliphatic rings. The molecule has 0 aromatic carbocycles. The van der Waals surface area contributed by atoms with Crippen LogP contribution in [0.4, 0.5) is 0 Å². The van der Waals surface area contributed by atoms with Crippen LogP contribution in [0.15, 0.2) is 24.5 Å². The molecule has 88 valence electrons. The highest BCUT2D eigenvalue weighted by Gasteiger charge is 2.15. The first-order valence-corrected chi connectivity index (χ1v) is 4.92. The second-order valence-electron chi connectivity index (χ2n) is 3.41. The van der Waals surface area contributed by atoms with E-state index in [-0.39, 0.29) is 5.56 Å². The number of ether oxygens (including phenoxy) is 1. The minimum atomic E-state index is -1.01. The monoisotopic (exact) mass is 233 g/mol. The molecule has 2 aromatic rings. The number of nitrogens with zero attached hydrogens (tertiary/aromatic N) is 3. The Kier molecular flexibility index (Phi) is 2.78. The lowest BCUT2D eigenvalue weighted by Gasteiger charge is -2.05. The van der Waals surface area contributed by atoms with Crippen LogP contribution in [0, 0.1) is 6.92 Å². The molecular formula is C11H11N3O3. The average Bonchev–Trinajstić information content (AvgIpc) is 2.71. The van der Waals surface area contributed by atoms with E-state index in [1.54, 1.807) is 25.3 Å². The van der Waals surface area contributed by atoms with Crippen molar-refractivity contribution in [2.75, 3.05) is 7.11 Å². The van der Waals surface area contributed by atoms with Gasteiger partial charge in [-0.1, -0.05) is 0 Å². The fraction of sp³-hybridized carbons (Fsp3) is 0.182. The number of carboxylic acids is 1. The zero-order valence-corrected chi connectivity index (χ0v) is 9.41. The molecule has 0 aliphatic heterocycles. The average molecular weight is 233 g/mol. The number of methoxy groups -OCH3 is 1. The van der Waals surface area contributed by atoms with E-state index in [1.807, 2.05) is 0 Å². The first kappa shape index (κ1) is 11.1. The molecule has 0 radical (unpaired) electrons. The Bertz CT molecular complexity index is 563. The second-order valence-corrected chi connectivity index (χ2v) is 3.41. The van der Waals surface area contributed by atoms with Crippen molar-refractivity contribution in [3.05, 3.63) is 35.8 Å². The third kappa shape index (κ3) is 1.96. The molecule has 0 aliphatic carbocycles. The van der Waals surface area contributed by atoms with Crippen LogP contribution >= 0.6 is 0 Å². The van der Waals surface area contributed by atoms with Crippen molar-refractivity contribution in [2.24, 2.45) is 0 Å². The molecule has 6 nitrogen and oxygen atoms in total. The highest BCUT2D eigenvalue weighted by Crippen LogP contribution is 2.20. The predicted molar refractivity (Wildman–Crippen MR) is 59.6 cm³/mol. The fourth-order valence-corrected chi connectivity index (χ4v) is 1.49. The third-order valence-corrected chi connectivity index (χ3v) is 2.32. The lowest BCUT2D eigenvalue weighted by Crippen LogP contribution is -2.01. The Balaban J connectivity index is 2.53. The molecule has 1 N–H and O–H groups in total. The Hall–Kier alpha value is -2.37. The topological polar surface area (TPSA) is 77.2 Å². The molecule has 0 atom stereocenters. The van der Waals surface area contributed by atoms with Crippen molar-refractivity contribution in [1.82, 2.24) is 14.8 Å². The second kappa shape index (κ2) is 4.25. The van der Waals surface area contributed by atoms with E-state index in [4.69, 9.17) is 9.84 Å². The van der Waals surface area contributed by atoms with E-state index in [0.29, 0.717) is 17.3 Å². The summed E-state index contributed by atoms with van der Waals surface area (Å²) in [5, 5.41) is 13.1. The molecule has 17 heavy (non-hydrogen) atoms. The van der Waals surface area contributed by atoms with Crippen LogP contribution < -0.4 is 4.74 Å². The van der Waals surface area contributed by atoms with Gasteiger partial charge in [-0.3, -0.25) is 0 Å². The van der Waals surface area contributed by atoms with E-state index >= 15 is 0 Å². The molecule has 0 bridgehead atoms. The number of aromatic carboxylic acids is 1. The first-order chi connectivity index (χ1) is 8.13.